The minimum absolute atomic E-state index is 0.0991. The fourth-order valence-electron chi connectivity index (χ4n) is 3.68. The van der Waals surface area contributed by atoms with Crippen LogP contribution < -0.4 is 10.0 Å². The van der Waals surface area contributed by atoms with Gasteiger partial charge in [0.2, 0.25) is 15.9 Å². The van der Waals surface area contributed by atoms with Crippen LogP contribution in [0.1, 0.15) is 37.3 Å². The van der Waals surface area contributed by atoms with Crippen LogP contribution in [0.2, 0.25) is 0 Å². The number of benzene rings is 1. The molecule has 1 amide bonds. The highest BCUT2D eigenvalue weighted by molar-refractivity contribution is 7.89. The Morgan fingerprint density at radius 1 is 1.23 bits per heavy atom. The van der Waals surface area contributed by atoms with Crippen LogP contribution in [0.4, 0.5) is 5.69 Å². The number of carbonyl (C=O) groups is 1. The largest absolute Gasteiger partial charge is 0.326 e. The van der Waals surface area contributed by atoms with E-state index in [-0.39, 0.29) is 10.8 Å². The van der Waals surface area contributed by atoms with Gasteiger partial charge in [0.05, 0.1) is 4.90 Å². The number of piperidine rings is 1. The van der Waals surface area contributed by atoms with Gasteiger partial charge in [-0.3, -0.25) is 14.7 Å². The summed E-state index contributed by atoms with van der Waals surface area (Å²) in [6, 6.07) is 8.90. The Labute approximate surface area is 178 Å². The Morgan fingerprint density at radius 2 is 2.00 bits per heavy atom. The van der Waals surface area contributed by atoms with Crippen molar-refractivity contribution in [3.63, 3.8) is 0 Å². The molecule has 1 fully saturated rings. The first-order chi connectivity index (χ1) is 14.4. The normalized spacial score (nSPS) is 15.8. The van der Waals surface area contributed by atoms with Crippen molar-refractivity contribution in [2.75, 3.05) is 25.0 Å². The Kier molecular flexibility index (Phi) is 7.58. The van der Waals surface area contributed by atoms with Crippen molar-refractivity contribution in [3.8, 4) is 0 Å². The second-order valence-electron chi connectivity index (χ2n) is 7.81. The number of aromatic nitrogens is 1. The van der Waals surface area contributed by atoms with Crippen LogP contribution in [-0.4, -0.2) is 43.8 Å². The minimum atomic E-state index is -3.59. The predicted molar refractivity (Wildman–Crippen MR) is 118 cm³/mol. The molecule has 2 N–H and O–H groups in total. The molecule has 1 aromatic carbocycles. The number of nitrogens with one attached hydrogen (secondary N) is 2. The lowest BCUT2D eigenvalue weighted by molar-refractivity contribution is -0.115. The van der Waals surface area contributed by atoms with Gasteiger partial charge in [0.1, 0.15) is 0 Å². The SMILES string of the molecule is CCC(=O)Nc1ccc(S(=O)(=O)NCC2CCN(Cc3cccnc3)CC2)c(C)c1. The zero-order chi connectivity index (χ0) is 21.6. The second kappa shape index (κ2) is 10.1. The van der Waals surface area contributed by atoms with Gasteiger partial charge in [-0.1, -0.05) is 13.0 Å². The average Bonchev–Trinajstić information content (AvgIpc) is 2.74. The number of aryl methyl sites for hydroxylation is 1. The lowest BCUT2D eigenvalue weighted by atomic mass is 9.97. The monoisotopic (exact) mass is 430 g/mol. The number of anilines is 1. The molecule has 0 atom stereocenters. The maximum atomic E-state index is 12.8. The molecule has 2 aromatic rings. The van der Waals surface area contributed by atoms with Gasteiger partial charge in [0, 0.05) is 37.6 Å². The number of amides is 1. The lowest BCUT2D eigenvalue weighted by Gasteiger charge is -2.32. The molecule has 0 aliphatic carbocycles. The first kappa shape index (κ1) is 22.4. The molecule has 1 aliphatic heterocycles. The van der Waals surface area contributed by atoms with E-state index in [1.54, 1.807) is 38.2 Å². The second-order valence-corrected chi connectivity index (χ2v) is 9.55. The maximum absolute atomic E-state index is 12.8. The van der Waals surface area contributed by atoms with Gasteiger partial charge in [-0.15, -0.1) is 0 Å². The molecule has 2 heterocycles. The summed E-state index contributed by atoms with van der Waals surface area (Å²) in [7, 11) is -3.59. The van der Waals surface area contributed by atoms with Gasteiger partial charge in [0.25, 0.3) is 0 Å². The maximum Gasteiger partial charge on any atom is 0.240 e. The number of hydrogen-bond donors (Lipinski definition) is 2. The third kappa shape index (κ3) is 6.10. The molecule has 1 saturated heterocycles. The number of carbonyl (C=O) groups excluding carboxylic acids is 1. The van der Waals surface area contributed by atoms with Gasteiger partial charge >= 0.3 is 0 Å². The molecule has 8 heteroatoms. The van der Waals surface area contributed by atoms with Crippen LogP contribution in [0, 0.1) is 12.8 Å². The Balaban J connectivity index is 1.51. The zero-order valence-corrected chi connectivity index (χ0v) is 18.4. The first-order valence-corrected chi connectivity index (χ1v) is 11.9. The summed E-state index contributed by atoms with van der Waals surface area (Å²) >= 11 is 0. The van der Waals surface area contributed by atoms with Crippen LogP contribution in [-0.2, 0) is 21.4 Å². The molecule has 1 aromatic heterocycles. The van der Waals surface area contributed by atoms with E-state index in [0.717, 1.165) is 32.5 Å². The van der Waals surface area contributed by atoms with Crippen LogP contribution in [0.15, 0.2) is 47.6 Å². The average molecular weight is 431 g/mol. The van der Waals surface area contributed by atoms with E-state index in [9.17, 15) is 13.2 Å². The molecular formula is C22H30N4O3S. The fourth-order valence-corrected chi connectivity index (χ4v) is 5.02. The van der Waals surface area contributed by atoms with Crippen molar-refractivity contribution in [2.45, 2.75) is 44.6 Å². The van der Waals surface area contributed by atoms with Crippen molar-refractivity contribution in [3.05, 3.63) is 53.9 Å². The Morgan fingerprint density at radius 3 is 2.63 bits per heavy atom. The van der Waals surface area contributed by atoms with Crippen LogP contribution in [0.25, 0.3) is 0 Å². The summed E-state index contributed by atoms with van der Waals surface area (Å²) in [5.74, 6) is 0.228. The van der Waals surface area contributed by atoms with E-state index in [0.29, 0.717) is 30.1 Å². The predicted octanol–water partition coefficient (Wildman–Crippen LogP) is 2.93. The van der Waals surface area contributed by atoms with Crippen molar-refractivity contribution < 1.29 is 13.2 Å². The third-order valence-electron chi connectivity index (χ3n) is 5.47. The smallest absolute Gasteiger partial charge is 0.240 e. The molecule has 0 radical (unpaired) electrons. The van der Waals surface area contributed by atoms with Gasteiger partial charge in [-0.2, -0.15) is 0 Å². The summed E-state index contributed by atoms with van der Waals surface area (Å²) in [4.78, 5) is 18.3. The first-order valence-electron chi connectivity index (χ1n) is 10.4. The van der Waals surface area contributed by atoms with Gasteiger partial charge in [0.15, 0.2) is 0 Å². The van der Waals surface area contributed by atoms with Crippen molar-refractivity contribution in [1.82, 2.24) is 14.6 Å². The van der Waals surface area contributed by atoms with Crippen LogP contribution in [0.3, 0.4) is 0 Å². The molecule has 162 valence electrons. The summed E-state index contributed by atoms with van der Waals surface area (Å²) in [5, 5.41) is 2.75. The Bertz CT molecular complexity index is 956. The number of sulfonamides is 1. The van der Waals surface area contributed by atoms with E-state index in [1.165, 1.54) is 5.56 Å². The highest BCUT2D eigenvalue weighted by Gasteiger charge is 2.23. The minimum Gasteiger partial charge on any atom is -0.326 e. The van der Waals surface area contributed by atoms with E-state index in [4.69, 9.17) is 0 Å². The molecule has 30 heavy (non-hydrogen) atoms. The van der Waals surface area contributed by atoms with Crippen LogP contribution in [0.5, 0.6) is 0 Å². The molecule has 0 bridgehead atoms. The number of pyridine rings is 1. The molecule has 0 saturated carbocycles. The Hall–Kier alpha value is -2.29. The van der Waals surface area contributed by atoms with Crippen molar-refractivity contribution in [1.29, 1.82) is 0 Å². The van der Waals surface area contributed by atoms with E-state index in [2.05, 4.69) is 26.0 Å². The van der Waals surface area contributed by atoms with E-state index < -0.39 is 10.0 Å². The topological polar surface area (TPSA) is 91.4 Å². The quantitative estimate of drug-likeness (QED) is 0.672. The molecule has 0 spiro atoms. The summed E-state index contributed by atoms with van der Waals surface area (Å²) < 4.78 is 28.3. The van der Waals surface area contributed by atoms with Crippen molar-refractivity contribution in [2.24, 2.45) is 5.92 Å². The number of likely N-dealkylation sites (tertiary alicyclic amines) is 1. The van der Waals surface area contributed by atoms with Crippen molar-refractivity contribution >= 4 is 21.6 Å². The molecule has 7 nitrogen and oxygen atoms in total. The number of hydrogen-bond acceptors (Lipinski definition) is 5. The molecular weight excluding hydrogens is 400 g/mol. The highest BCUT2D eigenvalue weighted by atomic mass is 32.2. The third-order valence-corrected chi connectivity index (χ3v) is 7.05. The van der Waals surface area contributed by atoms with Crippen LogP contribution >= 0.6 is 0 Å². The number of rotatable bonds is 8. The fraction of sp³-hybridized carbons (Fsp3) is 0.455. The van der Waals surface area contributed by atoms with Gasteiger partial charge < -0.3 is 5.32 Å². The summed E-state index contributed by atoms with van der Waals surface area (Å²) in [5.41, 5.74) is 2.42. The highest BCUT2D eigenvalue weighted by Crippen LogP contribution is 2.22. The molecule has 1 aliphatic rings. The molecule has 3 rings (SSSR count). The van der Waals surface area contributed by atoms with Gasteiger partial charge in [-0.05, 0) is 74.2 Å². The number of nitrogens with zero attached hydrogens (tertiary/aromatic N) is 2. The standard InChI is InChI=1S/C22H30N4O3S/c1-3-22(27)25-20-6-7-21(17(2)13-20)30(28,29)24-15-18-8-11-26(12-9-18)16-19-5-4-10-23-14-19/h4-7,10,13-14,18,24H,3,8-9,11-12,15-16H2,1-2H3,(H,25,27). The summed E-state index contributed by atoms with van der Waals surface area (Å²) in [6.07, 6.45) is 5.97. The van der Waals surface area contributed by atoms with Gasteiger partial charge in [-0.25, -0.2) is 13.1 Å². The van der Waals surface area contributed by atoms with E-state index in [1.807, 2.05) is 12.3 Å². The van der Waals surface area contributed by atoms with E-state index >= 15 is 0 Å². The molecule has 0 unspecified atom stereocenters. The zero-order valence-electron chi connectivity index (χ0n) is 17.6. The lowest BCUT2D eigenvalue weighted by Crippen LogP contribution is -2.38. The summed E-state index contributed by atoms with van der Waals surface area (Å²) in [6.45, 7) is 6.74.